The molecule has 56 valence electrons. The second-order valence-corrected chi connectivity index (χ2v) is 2.08. The summed E-state index contributed by atoms with van der Waals surface area (Å²) in [5.41, 5.74) is 0. The largest absolute Gasteiger partial charge is 0.465 e. The monoisotopic (exact) mass is 144 g/mol. The van der Waals surface area contributed by atoms with Crippen LogP contribution < -0.4 is 10.6 Å². The molecule has 1 atom stereocenters. The molecule has 1 fully saturated rings. The van der Waals surface area contributed by atoms with E-state index in [9.17, 15) is 9.59 Å². The Morgan fingerprint density at radius 1 is 1.80 bits per heavy atom. The van der Waals surface area contributed by atoms with Crippen molar-refractivity contribution in [2.24, 2.45) is 0 Å². The third-order valence-corrected chi connectivity index (χ3v) is 1.35. The van der Waals surface area contributed by atoms with Crippen LogP contribution in [0.25, 0.3) is 0 Å². The van der Waals surface area contributed by atoms with Crippen molar-refractivity contribution in [2.75, 3.05) is 6.54 Å². The lowest BCUT2D eigenvalue weighted by molar-refractivity contribution is -0.120. The van der Waals surface area contributed by atoms with Gasteiger partial charge in [-0.3, -0.25) is 4.79 Å². The molecule has 1 aliphatic rings. The Hall–Kier alpha value is -1.26. The molecule has 5 nitrogen and oxygen atoms in total. The standard InChI is InChI=1S/C5H8N2O3/c8-4-3(1-2-6-4)7-5(9)10/h3,7H,1-2H2,(H,6,8)(H,9,10)/t3-/m0/s1. The molecule has 10 heavy (non-hydrogen) atoms. The SMILES string of the molecule is O=C(O)N[C@H]1CCNC1=O. The van der Waals surface area contributed by atoms with Crippen molar-refractivity contribution in [3.8, 4) is 0 Å². The highest BCUT2D eigenvalue weighted by Gasteiger charge is 2.24. The average molecular weight is 144 g/mol. The fourth-order valence-electron chi connectivity index (χ4n) is 0.881. The molecule has 0 aliphatic carbocycles. The zero-order valence-corrected chi connectivity index (χ0v) is 5.26. The van der Waals surface area contributed by atoms with Crippen LogP contribution >= 0.6 is 0 Å². The Morgan fingerprint density at radius 3 is 2.90 bits per heavy atom. The van der Waals surface area contributed by atoms with Gasteiger partial charge in [0.15, 0.2) is 0 Å². The van der Waals surface area contributed by atoms with Crippen LogP contribution in [0.2, 0.25) is 0 Å². The van der Waals surface area contributed by atoms with Crippen molar-refractivity contribution < 1.29 is 14.7 Å². The third-order valence-electron chi connectivity index (χ3n) is 1.35. The van der Waals surface area contributed by atoms with Crippen LogP contribution in [-0.2, 0) is 4.79 Å². The normalized spacial score (nSPS) is 24.0. The molecule has 2 amide bonds. The predicted molar refractivity (Wildman–Crippen MR) is 32.6 cm³/mol. The maximum Gasteiger partial charge on any atom is 0.405 e. The topological polar surface area (TPSA) is 78.4 Å². The molecule has 0 saturated carbocycles. The lowest BCUT2D eigenvalue weighted by Gasteiger charge is -2.03. The summed E-state index contributed by atoms with van der Waals surface area (Å²) >= 11 is 0. The summed E-state index contributed by atoms with van der Waals surface area (Å²) in [5.74, 6) is -0.234. The minimum Gasteiger partial charge on any atom is -0.465 e. The van der Waals surface area contributed by atoms with Gasteiger partial charge in [0, 0.05) is 6.54 Å². The number of hydrogen-bond acceptors (Lipinski definition) is 2. The maximum atomic E-state index is 10.7. The van der Waals surface area contributed by atoms with Crippen molar-refractivity contribution in [1.82, 2.24) is 10.6 Å². The molecule has 0 radical (unpaired) electrons. The molecule has 3 N–H and O–H groups in total. The first kappa shape index (κ1) is 6.85. The molecule has 1 heterocycles. The summed E-state index contributed by atoms with van der Waals surface area (Å²) < 4.78 is 0. The zero-order chi connectivity index (χ0) is 7.56. The summed E-state index contributed by atoms with van der Waals surface area (Å²) in [6, 6.07) is -0.544. The first-order chi connectivity index (χ1) is 4.70. The number of hydrogen-bond donors (Lipinski definition) is 3. The number of carboxylic acid groups (broad SMARTS) is 1. The Kier molecular flexibility index (Phi) is 1.75. The number of nitrogens with one attached hydrogen (secondary N) is 2. The van der Waals surface area contributed by atoms with Gasteiger partial charge >= 0.3 is 6.09 Å². The number of amides is 2. The minimum atomic E-state index is -1.15. The number of rotatable bonds is 1. The molecule has 5 heteroatoms. The summed E-state index contributed by atoms with van der Waals surface area (Å²) in [6.07, 6.45) is -0.604. The van der Waals surface area contributed by atoms with Crippen LogP contribution in [0.5, 0.6) is 0 Å². The lowest BCUT2D eigenvalue weighted by atomic mass is 10.2. The second-order valence-electron chi connectivity index (χ2n) is 2.08. The molecule has 0 unspecified atom stereocenters. The molecule has 1 rings (SSSR count). The van der Waals surface area contributed by atoms with Crippen LogP contribution in [-0.4, -0.2) is 29.7 Å². The van der Waals surface area contributed by atoms with Gasteiger partial charge in [-0.05, 0) is 6.42 Å². The predicted octanol–water partition coefficient (Wildman–Crippen LogP) is -0.858. The molecule has 1 saturated heterocycles. The van der Waals surface area contributed by atoms with Crippen molar-refractivity contribution in [1.29, 1.82) is 0 Å². The first-order valence-corrected chi connectivity index (χ1v) is 2.97. The molecule has 0 bridgehead atoms. The highest BCUT2D eigenvalue weighted by Crippen LogP contribution is 1.97. The Morgan fingerprint density at radius 2 is 2.50 bits per heavy atom. The van der Waals surface area contributed by atoms with Gasteiger partial charge in [-0.2, -0.15) is 0 Å². The van der Waals surface area contributed by atoms with E-state index in [0.29, 0.717) is 13.0 Å². The van der Waals surface area contributed by atoms with Gasteiger partial charge < -0.3 is 15.7 Å². The van der Waals surface area contributed by atoms with Gasteiger partial charge in [0.25, 0.3) is 0 Å². The molecule has 1 aliphatic heterocycles. The summed E-state index contributed by atoms with van der Waals surface area (Å²) in [7, 11) is 0. The van der Waals surface area contributed by atoms with Gasteiger partial charge in [-0.25, -0.2) is 4.79 Å². The Balaban J connectivity index is 2.40. The third kappa shape index (κ3) is 1.37. The van der Waals surface area contributed by atoms with E-state index in [-0.39, 0.29) is 5.91 Å². The fourth-order valence-corrected chi connectivity index (χ4v) is 0.881. The summed E-state index contributed by atoms with van der Waals surface area (Å²) in [4.78, 5) is 20.7. The van der Waals surface area contributed by atoms with E-state index in [1.165, 1.54) is 0 Å². The van der Waals surface area contributed by atoms with Gasteiger partial charge in [-0.1, -0.05) is 0 Å². The van der Waals surface area contributed by atoms with Crippen molar-refractivity contribution in [3.05, 3.63) is 0 Å². The maximum absolute atomic E-state index is 10.7. The summed E-state index contributed by atoms with van der Waals surface area (Å²) in [6.45, 7) is 0.559. The Labute approximate surface area is 57.4 Å². The fraction of sp³-hybridized carbons (Fsp3) is 0.600. The number of carbonyl (C=O) groups is 2. The quantitative estimate of drug-likeness (QED) is 0.448. The molecule has 0 aromatic rings. The molecule has 0 spiro atoms. The van der Waals surface area contributed by atoms with E-state index < -0.39 is 12.1 Å². The molecule has 0 aromatic heterocycles. The van der Waals surface area contributed by atoms with Crippen LogP contribution in [0.4, 0.5) is 4.79 Å². The van der Waals surface area contributed by atoms with E-state index in [2.05, 4.69) is 10.6 Å². The second kappa shape index (κ2) is 2.55. The van der Waals surface area contributed by atoms with Crippen LogP contribution in [0.1, 0.15) is 6.42 Å². The Bertz CT molecular complexity index is 168. The van der Waals surface area contributed by atoms with Crippen LogP contribution in [0.15, 0.2) is 0 Å². The smallest absolute Gasteiger partial charge is 0.405 e. The van der Waals surface area contributed by atoms with Gasteiger partial charge in [0.05, 0.1) is 0 Å². The van der Waals surface area contributed by atoms with Gasteiger partial charge in [0.1, 0.15) is 6.04 Å². The highest BCUT2D eigenvalue weighted by atomic mass is 16.4. The van der Waals surface area contributed by atoms with Crippen LogP contribution in [0, 0.1) is 0 Å². The minimum absolute atomic E-state index is 0.234. The highest BCUT2D eigenvalue weighted by molar-refractivity contribution is 5.86. The lowest BCUT2D eigenvalue weighted by Crippen LogP contribution is -2.39. The van der Waals surface area contributed by atoms with E-state index in [1.54, 1.807) is 0 Å². The van der Waals surface area contributed by atoms with Crippen molar-refractivity contribution in [3.63, 3.8) is 0 Å². The van der Waals surface area contributed by atoms with E-state index in [4.69, 9.17) is 5.11 Å². The van der Waals surface area contributed by atoms with E-state index in [0.717, 1.165) is 0 Å². The van der Waals surface area contributed by atoms with Gasteiger partial charge in [-0.15, -0.1) is 0 Å². The average Bonchev–Trinajstić information content (AvgIpc) is 2.15. The summed E-state index contributed by atoms with van der Waals surface area (Å²) in [5, 5.41) is 12.8. The van der Waals surface area contributed by atoms with E-state index >= 15 is 0 Å². The van der Waals surface area contributed by atoms with Crippen molar-refractivity contribution in [2.45, 2.75) is 12.5 Å². The van der Waals surface area contributed by atoms with Gasteiger partial charge in [0.2, 0.25) is 5.91 Å². The first-order valence-electron chi connectivity index (χ1n) is 2.97. The molecular weight excluding hydrogens is 136 g/mol. The van der Waals surface area contributed by atoms with E-state index in [1.807, 2.05) is 0 Å². The molecule has 0 aromatic carbocycles. The molecular formula is C5H8N2O3. The van der Waals surface area contributed by atoms with Crippen LogP contribution in [0.3, 0.4) is 0 Å². The number of carbonyl (C=O) groups excluding carboxylic acids is 1. The van der Waals surface area contributed by atoms with Crippen molar-refractivity contribution >= 4 is 12.0 Å². The zero-order valence-electron chi connectivity index (χ0n) is 5.26.